The van der Waals surface area contributed by atoms with E-state index in [9.17, 15) is 23.8 Å². The molecule has 1 aliphatic rings. The highest BCUT2D eigenvalue weighted by Crippen LogP contribution is 2.31. The summed E-state index contributed by atoms with van der Waals surface area (Å²) >= 11 is 0. The molecule has 0 saturated carbocycles. The van der Waals surface area contributed by atoms with Gasteiger partial charge in [0, 0.05) is 32.2 Å². The molecule has 1 heterocycles. The number of anilines is 1. The average Bonchev–Trinajstić information content (AvgIpc) is 2.73. The number of sulfonamides is 1. The Hall–Kier alpha value is -3.47. The molecule has 0 atom stereocenters. The predicted octanol–water partition coefficient (Wildman–Crippen LogP) is 1.85. The van der Waals surface area contributed by atoms with Crippen LogP contribution in [0.25, 0.3) is 0 Å². The number of hydrogen-bond donors (Lipinski definition) is 0. The van der Waals surface area contributed by atoms with Crippen molar-refractivity contribution in [1.82, 2.24) is 4.31 Å². The molecule has 0 bridgehead atoms. The minimum atomic E-state index is -3.85. The van der Waals surface area contributed by atoms with Crippen molar-refractivity contribution in [3.63, 3.8) is 0 Å². The van der Waals surface area contributed by atoms with Gasteiger partial charge in [-0.2, -0.15) is 14.8 Å². The maximum Gasteiger partial charge on any atom is 0.292 e. The Morgan fingerprint density at radius 2 is 1.68 bits per heavy atom. The molecule has 1 saturated heterocycles. The Morgan fingerprint density at radius 3 is 2.29 bits per heavy atom. The van der Waals surface area contributed by atoms with Crippen molar-refractivity contribution in [2.45, 2.75) is 4.90 Å². The number of hydrogen-bond acceptors (Lipinski definition) is 7. The van der Waals surface area contributed by atoms with Crippen LogP contribution in [0.3, 0.4) is 0 Å². The molecule has 2 aromatic rings. The van der Waals surface area contributed by atoms with Crippen LogP contribution in [0, 0.1) is 32.8 Å². The first-order valence-corrected chi connectivity index (χ1v) is 9.75. The predicted molar refractivity (Wildman–Crippen MR) is 99.9 cm³/mol. The fourth-order valence-electron chi connectivity index (χ4n) is 3.09. The zero-order valence-electron chi connectivity index (χ0n) is 14.6. The highest BCUT2D eigenvalue weighted by atomic mass is 32.2. The van der Waals surface area contributed by atoms with E-state index < -0.39 is 14.9 Å². The van der Waals surface area contributed by atoms with E-state index in [1.807, 2.05) is 12.1 Å². The van der Waals surface area contributed by atoms with Gasteiger partial charge in [-0.15, -0.1) is 0 Å². The topological polar surface area (TPSA) is 131 Å². The molecule has 2 aromatic carbocycles. The summed E-state index contributed by atoms with van der Waals surface area (Å²) in [5.74, 6) is 0. The monoisotopic (exact) mass is 397 g/mol. The van der Waals surface area contributed by atoms with Gasteiger partial charge in [-0.1, -0.05) is 12.1 Å². The summed E-state index contributed by atoms with van der Waals surface area (Å²) in [5.41, 5.74) is 0.518. The molecule has 10 heteroatoms. The van der Waals surface area contributed by atoms with Crippen LogP contribution < -0.4 is 4.90 Å². The highest BCUT2D eigenvalue weighted by molar-refractivity contribution is 7.89. The van der Waals surface area contributed by atoms with Gasteiger partial charge in [-0.05, 0) is 24.3 Å². The fraction of sp³-hybridized carbons (Fsp3) is 0.222. The van der Waals surface area contributed by atoms with Gasteiger partial charge in [0.25, 0.3) is 5.69 Å². The summed E-state index contributed by atoms with van der Waals surface area (Å²) < 4.78 is 27.0. The van der Waals surface area contributed by atoms with E-state index >= 15 is 0 Å². The summed E-state index contributed by atoms with van der Waals surface area (Å²) in [5, 5.41) is 29.5. The minimum absolute atomic E-state index is 0.0524. The summed E-state index contributed by atoms with van der Waals surface area (Å²) in [4.78, 5) is 12.4. The van der Waals surface area contributed by atoms with Crippen LogP contribution in [-0.2, 0) is 10.0 Å². The number of nitrogens with zero attached hydrogens (tertiary/aromatic N) is 5. The Balaban J connectivity index is 1.85. The normalized spacial score (nSPS) is 14.9. The van der Waals surface area contributed by atoms with Gasteiger partial charge in [-0.3, -0.25) is 10.1 Å². The maximum atomic E-state index is 12.9. The van der Waals surface area contributed by atoms with Gasteiger partial charge >= 0.3 is 0 Å². The molecule has 0 aromatic heterocycles. The quantitative estimate of drug-likeness (QED) is 0.568. The van der Waals surface area contributed by atoms with Gasteiger partial charge in [-0.25, -0.2) is 8.42 Å². The molecular weight excluding hydrogens is 382 g/mol. The summed E-state index contributed by atoms with van der Waals surface area (Å²) in [6, 6.07) is 13.9. The Labute approximate surface area is 161 Å². The Morgan fingerprint density at radius 1 is 1.00 bits per heavy atom. The van der Waals surface area contributed by atoms with E-state index in [1.54, 1.807) is 17.0 Å². The van der Waals surface area contributed by atoms with Crippen molar-refractivity contribution >= 4 is 21.4 Å². The molecule has 0 aliphatic carbocycles. The molecule has 0 unspecified atom stereocenters. The smallest absolute Gasteiger partial charge is 0.292 e. The van der Waals surface area contributed by atoms with Gasteiger partial charge in [0.15, 0.2) is 0 Å². The summed E-state index contributed by atoms with van der Waals surface area (Å²) in [6.07, 6.45) is 0. The first kappa shape index (κ1) is 19.3. The largest absolute Gasteiger partial charge is 0.363 e. The molecule has 9 nitrogen and oxygen atoms in total. The second kappa shape index (κ2) is 7.64. The van der Waals surface area contributed by atoms with E-state index in [1.165, 1.54) is 34.6 Å². The Bertz CT molecular complexity index is 1110. The number of rotatable bonds is 4. The van der Waals surface area contributed by atoms with Crippen molar-refractivity contribution in [3.8, 4) is 12.1 Å². The molecule has 0 radical (unpaired) electrons. The third-order valence-corrected chi connectivity index (χ3v) is 6.46. The van der Waals surface area contributed by atoms with E-state index in [4.69, 9.17) is 5.26 Å². The SMILES string of the molecule is N#Cc1ccc([N+](=O)[O-])c(N2CCN(S(=O)(=O)c3ccccc3C#N)CC2)c1. The molecule has 3 rings (SSSR count). The fourth-order valence-corrected chi connectivity index (χ4v) is 4.66. The van der Waals surface area contributed by atoms with Crippen LogP contribution in [0.1, 0.15) is 11.1 Å². The molecule has 0 N–H and O–H groups in total. The third-order valence-electron chi connectivity index (χ3n) is 4.51. The molecule has 0 amide bonds. The van der Waals surface area contributed by atoms with E-state index in [-0.39, 0.29) is 42.3 Å². The van der Waals surface area contributed by atoms with Crippen LogP contribution in [0.2, 0.25) is 0 Å². The number of piperazine rings is 1. The third kappa shape index (κ3) is 3.51. The number of nitro groups is 1. The van der Waals surface area contributed by atoms with Crippen molar-refractivity contribution in [3.05, 3.63) is 63.7 Å². The van der Waals surface area contributed by atoms with Crippen molar-refractivity contribution in [1.29, 1.82) is 10.5 Å². The highest BCUT2D eigenvalue weighted by Gasteiger charge is 2.32. The lowest BCUT2D eigenvalue weighted by Crippen LogP contribution is -2.49. The maximum absolute atomic E-state index is 12.9. The molecule has 28 heavy (non-hydrogen) atoms. The van der Waals surface area contributed by atoms with Gasteiger partial charge in [0.05, 0.1) is 27.0 Å². The molecule has 1 fully saturated rings. The minimum Gasteiger partial charge on any atom is -0.363 e. The van der Waals surface area contributed by atoms with Gasteiger partial charge < -0.3 is 4.90 Å². The lowest BCUT2D eigenvalue weighted by Gasteiger charge is -2.35. The van der Waals surface area contributed by atoms with E-state index in [0.29, 0.717) is 11.3 Å². The van der Waals surface area contributed by atoms with Crippen molar-refractivity contribution in [2.75, 3.05) is 31.1 Å². The zero-order chi connectivity index (χ0) is 20.3. The van der Waals surface area contributed by atoms with Crippen LogP contribution in [0.5, 0.6) is 0 Å². The lowest BCUT2D eigenvalue weighted by molar-refractivity contribution is -0.384. The van der Waals surface area contributed by atoms with E-state index in [0.717, 1.165) is 0 Å². The number of benzene rings is 2. The molecule has 142 valence electrons. The first-order chi connectivity index (χ1) is 13.4. The lowest BCUT2D eigenvalue weighted by atomic mass is 10.1. The number of nitro benzene ring substituents is 1. The second-order valence-corrected chi connectivity index (χ2v) is 7.98. The van der Waals surface area contributed by atoms with Crippen LogP contribution in [0.4, 0.5) is 11.4 Å². The van der Waals surface area contributed by atoms with Gasteiger partial charge in [0.1, 0.15) is 11.8 Å². The van der Waals surface area contributed by atoms with Crippen molar-refractivity contribution < 1.29 is 13.3 Å². The average molecular weight is 397 g/mol. The van der Waals surface area contributed by atoms with Crippen LogP contribution in [-0.4, -0.2) is 43.8 Å². The van der Waals surface area contributed by atoms with E-state index in [2.05, 4.69) is 0 Å². The molecular formula is C18H15N5O4S. The van der Waals surface area contributed by atoms with Gasteiger partial charge in [0.2, 0.25) is 10.0 Å². The molecule has 0 spiro atoms. The first-order valence-electron chi connectivity index (χ1n) is 8.31. The van der Waals surface area contributed by atoms with Crippen LogP contribution in [0.15, 0.2) is 47.4 Å². The van der Waals surface area contributed by atoms with Crippen molar-refractivity contribution in [2.24, 2.45) is 0 Å². The van der Waals surface area contributed by atoms with Crippen LogP contribution >= 0.6 is 0 Å². The number of nitriles is 2. The summed E-state index contributed by atoms with van der Waals surface area (Å²) in [6.45, 7) is 0.666. The second-order valence-electron chi connectivity index (χ2n) is 6.07. The standard InChI is InChI=1S/C18H15N5O4S/c19-12-14-5-6-16(23(24)25)17(11-14)21-7-9-22(10-8-21)28(26,27)18-4-2-1-3-15(18)13-20/h1-6,11H,7-10H2. The zero-order valence-corrected chi connectivity index (χ0v) is 15.5. The summed E-state index contributed by atoms with van der Waals surface area (Å²) in [7, 11) is -3.85. The Kier molecular flexibility index (Phi) is 5.27. The molecule has 1 aliphatic heterocycles.